The van der Waals surface area contributed by atoms with E-state index in [2.05, 4.69) is 10.3 Å². The lowest BCUT2D eigenvalue weighted by Crippen LogP contribution is -1.96. The molecule has 0 unspecified atom stereocenters. The Morgan fingerprint density at radius 3 is 2.16 bits per heavy atom. The number of pyridine rings is 1. The molecule has 0 spiro atoms. The Kier molecular flexibility index (Phi) is 4.07. The number of hydrogen-bond acceptors (Lipinski definition) is 5. The van der Waals surface area contributed by atoms with Crippen LogP contribution < -0.4 is 19.5 Å². The van der Waals surface area contributed by atoms with Crippen molar-refractivity contribution in [2.24, 2.45) is 0 Å². The van der Waals surface area contributed by atoms with E-state index in [9.17, 15) is 0 Å². The van der Waals surface area contributed by atoms with Crippen molar-refractivity contribution in [1.29, 1.82) is 0 Å². The first-order chi connectivity index (χ1) is 9.25. The van der Waals surface area contributed by atoms with Gasteiger partial charge in [0.15, 0.2) is 0 Å². The van der Waals surface area contributed by atoms with E-state index in [1.54, 1.807) is 27.4 Å². The summed E-state index contributed by atoms with van der Waals surface area (Å²) in [6.07, 6.45) is 0. The number of aromatic nitrogens is 1. The Morgan fingerprint density at radius 2 is 1.58 bits per heavy atom. The number of benzene rings is 1. The molecule has 5 nitrogen and oxygen atoms in total. The molecule has 0 saturated carbocycles. The van der Waals surface area contributed by atoms with Gasteiger partial charge in [0.1, 0.15) is 17.3 Å². The topological polar surface area (TPSA) is 52.6 Å². The first kappa shape index (κ1) is 13.0. The summed E-state index contributed by atoms with van der Waals surface area (Å²) in [7, 11) is 4.81. The minimum Gasteiger partial charge on any atom is -0.497 e. The highest BCUT2D eigenvalue weighted by atomic mass is 16.5. The Labute approximate surface area is 112 Å². The van der Waals surface area contributed by atoms with Crippen LogP contribution in [0.2, 0.25) is 0 Å². The van der Waals surface area contributed by atoms with Gasteiger partial charge < -0.3 is 19.5 Å². The Morgan fingerprint density at radius 1 is 0.895 bits per heavy atom. The summed E-state index contributed by atoms with van der Waals surface area (Å²) >= 11 is 0. The fourth-order valence-electron chi connectivity index (χ4n) is 1.63. The van der Waals surface area contributed by atoms with E-state index in [-0.39, 0.29) is 0 Å². The van der Waals surface area contributed by atoms with E-state index < -0.39 is 0 Å². The SMILES string of the molecule is COc1cc(Nc2cccc(OC)n2)cc(OC)c1. The van der Waals surface area contributed by atoms with Crippen molar-refractivity contribution < 1.29 is 14.2 Å². The molecule has 0 fully saturated rings. The van der Waals surface area contributed by atoms with Crippen molar-refractivity contribution in [3.63, 3.8) is 0 Å². The zero-order valence-electron chi connectivity index (χ0n) is 11.1. The average Bonchev–Trinajstić information content (AvgIpc) is 2.47. The largest absolute Gasteiger partial charge is 0.497 e. The van der Waals surface area contributed by atoms with Crippen LogP contribution in [-0.2, 0) is 0 Å². The lowest BCUT2D eigenvalue weighted by molar-refractivity contribution is 0.394. The number of rotatable bonds is 5. The van der Waals surface area contributed by atoms with Gasteiger partial charge in [0.05, 0.1) is 21.3 Å². The van der Waals surface area contributed by atoms with Gasteiger partial charge in [0.25, 0.3) is 0 Å². The van der Waals surface area contributed by atoms with E-state index in [0.717, 1.165) is 5.69 Å². The normalized spacial score (nSPS) is 9.84. The Hall–Kier alpha value is -2.43. The number of hydrogen-bond donors (Lipinski definition) is 1. The average molecular weight is 260 g/mol. The summed E-state index contributed by atoms with van der Waals surface area (Å²) in [5, 5.41) is 3.18. The van der Waals surface area contributed by atoms with Gasteiger partial charge in [-0.1, -0.05) is 6.07 Å². The highest BCUT2D eigenvalue weighted by Gasteiger charge is 2.03. The van der Waals surface area contributed by atoms with E-state index in [4.69, 9.17) is 14.2 Å². The van der Waals surface area contributed by atoms with Crippen molar-refractivity contribution in [2.45, 2.75) is 0 Å². The van der Waals surface area contributed by atoms with E-state index in [1.807, 2.05) is 30.3 Å². The summed E-state index contributed by atoms with van der Waals surface area (Å²) in [4.78, 5) is 4.28. The molecule has 0 saturated heterocycles. The van der Waals surface area contributed by atoms with Gasteiger partial charge in [-0.15, -0.1) is 0 Å². The fraction of sp³-hybridized carbons (Fsp3) is 0.214. The monoisotopic (exact) mass is 260 g/mol. The molecule has 1 aromatic heterocycles. The second-order valence-electron chi connectivity index (χ2n) is 3.79. The van der Waals surface area contributed by atoms with Crippen molar-refractivity contribution in [1.82, 2.24) is 4.98 Å². The molecule has 0 aliphatic rings. The fourth-order valence-corrected chi connectivity index (χ4v) is 1.63. The van der Waals surface area contributed by atoms with Crippen LogP contribution in [0.15, 0.2) is 36.4 Å². The Bertz CT molecular complexity index is 536. The molecule has 1 N–H and O–H groups in total. The van der Waals surface area contributed by atoms with Crippen LogP contribution in [0.25, 0.3) is 0 Å². The third-order valence-corrected chi connectivity index (χ3v) is 2.56. The smallest absolute Gasteiger partial charge is 0.214 e. The van der Waals surface area contributed by atoms with Crippen molar-refractivity contribution in [3.8, 4) is 17.4 Å². The summed E-state index contributed by atoms with van der Waals surface area (Å²) in [5.74, 6) is 2.67. The molecular formula is C14H16N2O3. The summed E-state index contributed by atoms with van der Waals surface area (Å²) in [5.41, 5.74) is 0.831. The maximum Gasteiger partial charge on any atom is 0.214 e. The predicted molar refractivity (Wildman–Crippen MR) is 73.6 cm³/mol. The minimum atomic E-state index is 0.555. The molecule has 0 bridgehead atoms. The van der Waals surface area contributed by atoms with E-state index in [1.165, 1.54) is 0 Å². The molecule has 0 atom stereocenters. The van der Waals surface area contributed by atoms with Crippen LogP contribution in [0.4, 0.5) is 11.5 Å². The number of anilines is 2. The first-order valence-electron chi connectivity index (χ1n) is 5.76. The number of ether oxygens (including phenoxy) is 3. The van der Waals surface area contributed by atoms with Gasteiger partial charge in [-0.3, -0.25) is 0 Å². The third-order valence-electron chi connectivity index (χ3n) is 2.56. The van der Waals surface area contributed by atoms with E-state index >= 15 is 0 Å². The molecule has 0 aliphatic heterocycles. The molecule has 100 valence electrons. The number of nitrogens with one attached hydrogen (secondary N) is 1. The Balaban J connectivity index is 2.26. The van der Waals surface area contributed by atoms with Gasteiger partial charge >= 0.3 is 0 Å². The second kappa shape index (κ2) is 5.95. The second-order valence-corrected chi connectivity index (χ2v) is 3.79. The van der Waals surface area contributed by atoms with Gasteiger partial charge in [-0.25, -0.2) is 0 Å². The lowest BCUT2D eigenvalue weighted by atomic mass is 10.2. The number of nitrogens with zero attached hydrogens (tertiary/aromatic N) is 1. The quantitative estimate of drug-likeness (QED) is 0.895. The van der Waals surface area contributed by atoms with Crippen LogP contribution in [-0.4, -0.2) is 26.3 Å². The van der Waals surface area contributed by atoms with Crippen molar-refractivity contribution in [3.05, 3.63) is 36.4 Å². The van der Waals surface area contributed by atoms with Crippen LogP contribution in [0, 0.1) is 0 Å². The maximum absolute atomic E-state index is 5.21. The molecular weight excluding hydrogens is 244 g/mol. The summed E-state index contributed by atoms with van der Waals surface area (Å²) < 4.78 is 15.5. The molecule has 19 heavy (non-hydrogen) atoms. The number of methoxy groups -OCH3 is 3. The van der Waals surface area contributed by atoms with Gasteiger partial charge in [0, 0.05) is 30.0 Å². The minimum absolute atomic E-state index is 0.555. The molecule has 1 heterocycles. The molecule has 5 heteroatoms. The van der Waals surface area contributed by atoms with Gasteiger partial charge in [-0.2, -0.15) is 4.98 Å². The first-order valence-corrected chi connectivity index (χ1v) is 5.76. The molecule has 0 aliphatic carbocycles. The van der Waals surface area contributed by atoms with Gasteiger partial charge in [0.2, 0.25) is 5.88 Å². The zero-order valence-corrected chi connectivity index (χ0v) is 11.1. The molecule has 0 radical (unpaired) electrons. The third kappa shape index (κ3) is 3.28. The van der Waals surface area contributed by atoms with Crippen molar-refractivity contribution in [2.75, 3.05) is 26.6 Å². The van der Waals surface area contributed by atoms with E-state index in [0.29, 0.717) is 23.2 Å². The van der Waals surface area contributed by atoms with Crippen LogP contribution in [0.5, 0.6) is 17.4 Å². The molecule has 0 amide bonds. The van der Waals surface area contributed by atoms with Crippen molar-refractivity contribution >= 4 is 11.5 Å². The standard InChI is InChI=1S/C14H16N2O3/c1-17-11-7-10(8-12(9-11)18-2)15-13-5-4-6-14(16-13)19-3/h4-9H,1-3H3,(H,15,16). The highest BCUT2D eigenvalue weighted by molar-refractivity contribution is 5.61. The van der Waals surface area contributed by atoms with Crippen LogP contribution >= 0.6 is 0 Å². The maximum atomic E-state index is 5.21. The molecule has 2 rings (SSSR count). The summed E-state index contributed by atoms with van der Waals surface area (Å²) in [6, 6.07) is 11.1. The highest BCUT2D eigenvalue weighted by Crippen LogP contribution is 2.27. The molecule has 2 aromatic rings. The summed E-state index contributed by atoms with van der Waals surface area (Å²) in [6.45, 7) is 0. The van der Waals surface area contributed by atoms with Crippen LogP contribution in [0.3, 0.4) is 0 Å². The molecule has 1 aromatic carbocycles. The van der Waals surface area contributed by atoms with Gasteiger partial charge in [-0.05, 0) is 6.07 Å². The zero-order chi connectivity index (χ0) is 13.7. The van der Waals surface area contributed by atoms with Crippen LogP contribution in [0.1, 0.15) is 0 Å². The predicted octanol–water partition coefficient (Wildman–Crippen LogP) is 2.85. The lowest BCUT2D eigenvalue weighted by Gasteiger charge is -2.10.